The average Bonchev–Trinajstić information content (AvgIpc) is 3.72. The van der Waals surface area contributed by atoms with E-state index in [1.54, 1.807) is 12.3 Å². The van der Waals surface area contributed by atoms with Crippen LogP contribution in [-0.2, 0) is 5.41 Å². The molecule has 3 aromatic rings. The van der Waals surface area contributed by atoms with Crippen molar-refractivity contribution in [3.05, 3.63) is 52.5 Å². The van der Waals surface area contributed by atoms with E-state index in [1.165, 1.54) is 5.56 Å². The zero-order chi connectivity index (χ0) is 30.2. The summed E-state index contributed by atoms with van der Waals surface area (Å²) in [5.41, 5.74) is 5.10. The molecule has 230 valence electrons. The average molecular weight is 608 g/mol. The molecule has 2 saturated heterocycles. The first-order chi connectivity index (χ1) is 20.8. The quantitative estimate of drug-likeness (QED) is 0.144. The fourth-order valence-corrected chi connectivity index (χ4v) is 5.38. The highest BCUT2D eigenvalue weighted by atomic mass is 35.5. The molecule has 0 spiro atoms. The normalized spacial score (nSPS) is 15.4. The zero-order valence-corrected chi connectivity index (χ0v) is 26.4. The van der Waals surface area contributed by atoms with Crippen LogP contribution in [0, 0.1) is 0 Å². The molecular weight excluding hydrogens is 566 g/mol. The topological polar surface area (TPSA) is 97.2 Å². The van der Waals surface area contributed by atoms with Crippen LogP contribution in [-0.4, -0.2) is 67.2 Å². The van der Waals surface area contributed by atoms with E-state index in [0.29, 0.717) is 54.2 Å². The van der Waals surface area contributed by atoms with Gasteiger partial charge in [0.1, 0.15) is 19.0 Å². The molecule has 0 unspecified atom stereocenters. The van der Waals surface area contributed by atoms with E-state index in [9.17, 15) is 0 Å². The van der Waals surface area contributed by atoms with Gasteiger partial charge in [0.05, 0.1) is 17.8 Å². The number of anilines is 3. The van der Waals surface area contributed by atoms with Crippen LogP contribution in [0.5, 0.6) is 17.2 Å². The van der Waals surface area contributed by atoms with Crippen LogP contribution in [0.1, 0.15) is 64.5 Å². The van der Waals surface area contributed by atoms with Gasteiger partial charge in [-0.05, 0) is 73.4 Å². The van der Waals surface area contributed by atoms with E-state index in [-0.39, 0.29) is 5.41 Å². The fraction of sp³-hybridized carbons (Fsp3) is 0.500. The van der Waals surface area contributed by atoms with E-state index in [0.717, 1.165) is 63.2 Å². The Labute approximate surface area is 259 Å². The smallest absolute Gasteiger partial charge is 0.250 e. The Balaban J connectivity index is 1.22. The SMILES string of the molecule is CCOc1cc(/C=N/Nc2nc(N3CCCC3)nc(N3CCCC3)n2)cc(Cl)c1OCCOc1ccc(C(C)(C)C)cc1. The third-order valence-corrected chi connectivity index (χ3v) is 7.70. The highest BCUT2D eigenvalue weighted by Crippen LogP contribution is 2.36. The third kappa shape index (κ3) is 8.19. The molecule has 10 nitrogen and oxygen atoms in total. The van der Waals surface area contributed by atoms with Gasteiger partial charge in [-0.15, -0.1) is 0 Å². The van der Waals surface area contributed by atoms with Crippen molar-refractivity contribution in [2.24, 2.45) is 5.10 Å². The highest BCUT2D eigenvalue weighted by Gasteiger charge is 2.21. The van der Waals surface area contributed by atoms with Crippen molar-refractivity contribution in [3.63, 3.8) is 0 Å². The van der Waals surface area contributed by atoms with Crippen molar-refractivity contribution < 1.29 is 14.2 Å². The summed E-state index contributed by atoms with van der Waals surface area (Å²) in [5.74, 6) is 3.62. The van der Waals surface area contributed by atoms with Crippen LogP contribution in [0.3, 0.4) is 0 Å². The van der Waals surface area contributed by atoms with Gasteiger partial charge in [-0.25, -0.2) is 5.43 Å². The third-order valence-electron chi connectivity index (χ3n) is 7.42. The number of benzene rings is 2. The van der Waals surface area contributed by atoms with E-state index < -0.39 is 0 Å². The van der Waals surface area contributed by atoms with Gasteiger partial charge in [-0.3, -0.25) is 0 Å². The monoisotopic (exact) mass is 607 g/mol. The number of halogens is 1. The van der Waals surface area contributed by atoms with Crippen molar-refractivity contribution in [1.29, 1.82) is 0 Å². The minimum absolute atomic E-state index is 0.0987. The van der Waals surface area contributed by atoms with Crippen LogP contribution < -0.4 is 29.4 Å². The first-order valence-corrected chi connectivity index (χ1v) is 15.6. The van der Waals surface area contributed by atoms with Crippen molar-refractivity contribution in [3.8, 4) is 17.2 Å². The zero-order valence-electron chi connectivity index (χ0n) is 25.6. The summed E-state index contributed by atoms with van der Waals surface area (Å²) < 4.78 is 17.7. The number of hydrazone groups is 1. The maximum atomic E-state index is 6.64. The lowest BCUT2D eigenvalue weighted by molar-refractivity contribution is 0.208. The van der Waals surface area contributed by atoms with Crippen molar-refractivity contribution in [2.45, 2.75) is 58.8 Å². The Morgan fingerprint density at radius 3 is 2.05 bits per heavy atom. The number of hydrogen-bond donors (Lipinski definition) is 1. The number of ether oxygens (including phenoxy) is 3. The van der Waals surface area contributed by atoms with Gasteiger partial charge in [-0.1, -0.05) is 44.5 Å². The summed E-state index contributed by atoms with van der Waals surface area (Å²) >= 11 is 6.64. The number of nitrogens with one attached hydrogen (secondary N) is 1. The molecule has 0 saturated carbocycles. The molecule has 0 amide bonds. The lowest BCUT2D eigenvalue weighted by Crippen LogP contribution is -2.25. The largest absolute Gasteiger partial charge is 0.490 e. The molecule has 1 N–H and O–H groups in total. The van der Waals surface area contributed by atoms with Crippen LogP contribution in [0.15, 0.2) is 41.5 Å². The second-order valence-corrected chi connectivity index (χ2v) is 12.2. The van der Waals surface area contributed by atoms with E-state index >= 15 is 0 Å². The molecular formula is C32H42ClN7O3. The number of hydrogen-bond acceptors (Lipinski definition) is 10. The lowest BCUT2D eigenvalue weighted by atomic mass is 9.87. The summed E-state index contributed by atoms with van der Waals surface area (Å²) in [4.78, 5) is 18.5. The molecule has 1 aromatic heterocycles. The van der Waals surface area contributed by atoms with Gasteiger partial charge in [0.15, 0.2) is 11.5 Å². The van der Waals surface area contributed by atoms with Crippen molar-refractivity contribution in [1.82, 2.24) is 15.0 Å². The molecule has 5 rings (SSSR count). The van der Waals surface area contributed by atoms with Crippen LogP contribution >= 0.6 is 11.6 Å². The first kappa shape index (κ1) is 30.7. The summed E-state index contributed by atoms with van der Waals surface area (Å²) in [6.07, 6.45) is 6.25. The maximum Gasteiger partial charge on any atom is 0.250 e. The number of aromatic nitrogens is 3. The lowest BCUT2D eigenvalue weighted by Gasteiger charge is -2.20. The van der Waals surface area contributed by atoms with Gasteiger partial charge < -0.3 is 24.0 Å². The molecule has 0 atom stereocenters. The second-order valence-electron chi connectivity index (χ2n) is 11.8. The van der Waals surface area contributed by atoms with Crippen LogP contribution in [0.2, 0.25) is 5.02 Å². The molecule has 0 radical (unpaired) electrons. The molecule has 2 aliphatic rings. The summed E-state index contributed by atoms with van der Waals surface area (Å²) in [5, 5.41) is 4.84. The van der Waals surface area contributed by atoms with Gasteiger partial charge in [-0.2, -0.15) is 20.1 Å². The molecule has 3 heterocycles. The van der Waals surface area contributed by atoms with E-state index in [1.807, 2.05) is 25.1 Å². The fourth-order valence-electron chi connectivity index (χ4n) is 5.11. The van der Waals surface area contributed by atoms with Crippen LogP contribution in [0.4, 0.5) is 17.8 Å². The van der Waals surface area contributed by atoms with Gasteiger partial charge in [0.25, 0.3) is 0 Å². The van der Waals surface area contributed by atoms with Gasteiger partial charge >= 0.3 is 0 Å². The van der Waals surface area contributed by atoms with Crippen LogP contribution in [0.25, 0.3) is 0 Å². The summed E-state index contributed by atoms with van der Waals surface area (Å²) in [6.45, 7) is 13.5. The highest BCUT2D eigenvalue weighted by molar-refractivity contribution is 6.32. The minimum Gasteiger partial charge on any atom is -0.490 e. The Bertz CT molecular complexity index is 1350. The molecule has 11 heteroatoms. The Kier molecular flexibility index (Phi) is 10.1. The molecule has 2 aromatic carbocycles. The summed E-state index contributed by atoms with van der Waals surface area (Å²) in [6, 6.07) is 11.8. The Morgan fingerprint density at radius 1 is 0.860 bits per heavy atom. The Morgan fingerprint density at radius 2 is 1.47 bits per heavy atom. The Hall–Kier alpha value is -3.79. The van der Waals surface area contributed by atoms with Gasteiger partial charge in [0, 0.05) is 26.2 Å². The van der Waals surface area contributed by atoms with E-state index in [4.69, 9.17) is 30.8 Å². The van der Waals surface area contributed by atoms with E-state index in [2.05, 4.69) is 63.2 Å². The maximum absolute atomic E-state index is 6.64. The second kappa shape index (κ2) is 14.1. The van der Waals surface area contributed by atoms with Crippen molar-refractivity contribution >= 4 is 35.7 Å². The minimum atomic E-state index is 0.0987. The van der Waals surface area contributed by atoms with Crippen molar-refractivity contribution in [2.75, 3.05) is 61.2 Å². The predicted molar refractivity (Wildman–Crippen MR) is 173 cm³/mol. The molecule has 0 aliphatic carbocycles. The predicted octanol–water partition coefficient (Wildman–Crippen LogP) is 6.33. The van der Waals surface area contributed by atoms with Gasteiger partial charge in [0.2, 0.25) is 17.8 Å². The molecule has 2 fully saturated rings. The molecule has 0 bridgehead atoms. The molecule has 43 heavy (non-hydrogen) atoms. The summed E-state index contributed by atoms with van der Waals surface area (Å²) in [7, 11) is 0. The standard InChI is InChI=1S/C32H42ClN7O3/c1-5-41-27-21-23(20-26(33)28(27)43-19-18-42-25-12-10-24(11-13-25)32(2,3)4)22-34-38-29-35-30(39-14-6-7-15-39)37-31(36-29)40-16-8-9-17-40/h10-13,20-22H,5-9,14-19H2,1-4H3,(H,35,36,37,38)/b34-22+. The number of rotatable bonds is 12. The molecule has 2 aliphatic heterocycles. The first-order valence-electron chi connectivity index (χ1n) is 15.2. The number of nitrogens with zero attached hydrogens (tertiary/aromatic N) is 6.